The number of rotatable bonds is 2. The number of fused-ring (bicyclic) bond motifs is 1. The molecule has 1 aromatic rings. The summed E-state index contributed by atoms with van der Waals surface area (Å²) in [4.78, 5) is 14.2. The molecule has 2 rings (SSSR count). The molecule has 104 valence electrons. The molecule has 1 heterocycles. The third-order valence-electron chi connectivity index (χ3n) is 3.08. The molecule has 1 aliphatic heterocycles. The van der Waals surface area contributed by atoms with Crippen molar-refractivity contribution >= 4 is 17.3 Å². The number of benzene rings is 1. The Hall–Kier alpha value is -1.71. The number of carbonyl (C=O) groups is 1. The van der Waals surface area contributed by atoms with Crippen molar-refractivity contribution in [1.29, 1.82) is 0 Å². The zero-order chi connectivity index (χ0) is 14.0. The van der Waals surface area contributed by atoms with Gasteiger partial charge in [0.05, 0.1) is 11.4 Å². The average molecular weight is 261 g/mol. The lowest BCUT2D eigenvalue weighted by Crippen LogP contribution is -2.34. The minimum absolute atomic E-state index is 0.0742. The Kier molecular flexibility index (Phi) is 3.69. The van der Waals surface area contributed by atoms with Crippen LogP contribution < -0.4 is 10.6 Å². The SMILES string of the molecule is CN(CC(C)(C)C)C(=O)c1ccc2c(c1)NCCN2. The Morgan fingerprint density at radius 3 is 2.47 bits per heavy atom. The van der Waals surface area contributed by atoms with E-state index in [1.807, 2.05) is 25.2 Å². The minimum Gasteiger partial charge on any atom is -0.382 e. The fourth-order valence-electron chi connectivity index (χ4n) is 2.38. The Labute approximate surface area is 115 Å². The van der Waals surface area contributed by atoms with E-state index in [9.17, 15) is 4.79 Å². The number of nitrogens with one attached hydrogen (secondary N) is 2. The van der Waals surface area contributed by atoms with E-state index in [1.165, 1.54) is 0 Å². The molecule has 4 nitrogen and oxygen atoms in total. The molecule has 1 aromatic carbocycles. The molecule has 0 unspecified atom stereocenters. The van der Waals surface area contributed by atoms with Gasteiger partial charge in [-0.25, -0.2) is 0 Å². The van der Waals surface area contributed by atoms with E-state index in [0.717, 1.165) is 36.6 Å². The molecule has 0 atom stereocenters. The number of hydrogen-bond donors (Lipinski definition) is 2. The second-order valence-corrected chi connectivity index (χ2v) is 6.34. The molecule has 0 radical (unpaired) electrons. The lowest BCUT2D eigenvalue weighted by atomic mass is 9.96. The van der Waals surface area contributed by atoms with E-state index < -0.39 is 0 Å². The van der Waals surface area contributed by atoms with Crippen LogP contribution in [0.15, 0.2) is 18.2 Å². The second-order valence-electron chi connectivity index (χ2n) is 6.34. The van der Waals surface area contributed by atoms with Gasteiger partial charge in [-0.05, 0) is 23.6 Å². The number of carbonyl (C=O) groups excluding carboxylic acids is 1. The van der Waals surface area contributed by atoms with Gasteiger partial charge in [-0.1, -0.05) is 20.8 Å². The number of nitrogens with zero attached hydrogens (tertiary/aromatic N) is 1. The summed E-state index contributed by atoms with van der Waals surface area (Å²) in [6.07, 6.45) is 0. The minimum atomic E-state index is 0.0742. The summed E-state index contributed by atoms with van der Waals surface area (Å²) in [6, 6.07) is 5.79. The summed E-state index contributed by atoms with van der Waals surface area (Å²) in [6.45, 7) is 8.96. The normalized spacial score (nSPS) is 14.1. The van der Waals surface area contributed by atoms with Gasteiger partial charge in [-0.15, -0.1) is 0 Å². The molecule has 4 heteroatoms. The van der Waals surface area contributed by atoms with Gasteiger partial charge in [-0.2, -0.15) is 0 Å². The van der Waals surface area contributed by atoms with Crippen LogP contribution in [0.3, 0.4) is 0 Å². The van der Waals surface area contributed by atoms with Gasteiger partial charge in [0, 0.05) is 32.2 Å². The van der Waals surface area contributed by atoms with Crippen LogP contribution in [0, 0.1) is 5.41 Å². The van der Waals surface area contributed by atoms with Crippen molar-refractivity contribution in [3.63, 3.8) is 0 Å². The van der Waals surface area contributed by atoms with Crippen LogP contribution in [0.1, 0.15) is 31.1 Å². The lowest BCUT2D eigenvalue weighted by molar-refractivity contribution is 0.0745. The van der Waals surface area contributed by atoms with Crippen molar-refractivity contribution in [3.8, 4) is 0 Å². The maximum atomic E-state index is 12.4. The molecule has 0 fully saturated rings. The summed E-state index contributed by atoms with van der Waals surface area (Å²) < 4.78 is 0. The largest absolute Gasteiger partial charge is 0.382 e. The highest BCUT2D eigenvalue weighted by Crippen LogP contribution is 2.26. The van der Waals surface area contributed by atoms with Crippen molar-refractivity contribution in [2.24, 2.45) is 5.41 Å². The maximum Gasteiger partial charge on any atom is 0.253 e. The molecule has 2 N–H and O–H groups in total. The first-order chi connectivity index (χ1) is 8.87. The molecule has 1 amide bonds. The molecular weight excluding hydrogens is 238 g/mol. The van der Waals surface area contributed by atoms with Gasteiger partial charge in [0.2, 0.25) is 0 Å². The summed E-state index contributed by atoms with van der Waals surface area (Å²) in [5, 5.41) is 6.62. The summed E-state index contributed by atoms with van der Waals surface area (Å²) in [7, 11) is 1.86. The molecule has 0 aliphatic carbocycles. The molecule has 0 bridgehead atoms. The van der Waals surface area contributed by atoms with Crippen molar-refractivity contribution in [2.75, 3.05) is 37.3 Å². The fraction of sp³-hybridized carbons (Fsp3) is 0.533. The molecule has 0 saturated carbocycles. The highest BCUT2D eigenvalue weighted by molar-refractivity contribution is 5.96. The summed E-state index contributed by atoms with van der Waals surface area (Å²) in [5.41, 5.74) is 2.93. The number of hydrogen-bond acceptors (Lipinski definition) is 3. The van der Waals surface area contributed by atoms with Gasteiger partial charge < -0.3 is 15.5 Å². The summed E-state index contributed by atoms with van der Waals surface area (Å²) >= 11 is 0. The average Bonchev–Trinajstić information content (AvgIpc) is 2.35. The van der Waals surface area contributed by atoms with E-state index in [0.29, 0.717) is 0 Å². The Balaban J connectivity index is 2.15. The molecule has 19 heavy (non-hydrogen) atoms. The van der Waals surface area contributed by atoms with Gasteiger partial charge in [0.15, 0.2) is 0 Å². The van der Waals surface area contributed by atoms with Crippen LogP contribution in [-0.2, 0) is 0 Å². The first kappa shape index (κ1) is 13.7. The molecule has 1 aliphatic rings. The predicted octanol–water partition coefficient (Wildman–Crippen LogP) is 2.64. The fourth-order valence-corrected chi connectivity index (χ4v) is 2.38. The van der Waals surface area contributed by atoms with Crippen LogP contribution >= 0.6 is 0 Å². The second kappa shape index (κ2) is 5.11. The van der Waals surface area contributed by atoms with E-state index in [1.54, 1.807) is 4.90 Å². The highest BCUT2D eigenvalue weighted by Gasteiger charge is 2.20. The molecule has 0 saturated heterocycles. The Morgan fingerprint density at radius 1 is 1.21 bits per heavy atom. The summed E-state index contributed by atoms with van der Waals surface area (Å²) in [5.74, 6) is 0.0742. The third kappa shape index (κ3) is 3.40. The van der Waals surface area contributed by atoms with Crippen molar-refractivity contribution < 1.29 is 4.79 Å². The van der Waals surface area contributed by atoms with Crippen molar-refractivity contribution in [1.82, 2.24) is 4.90 Å². The smallest absolute Gasteiger partial charge is 0.253 e. The third-order valence-corrected chi connectivity index (χ3v) is 3.08. The lowest BCUT2D eigenvalue weighted by Gasteiger charge is -2.27. The van der Waals surface area contributed by atoms with E-state index in [2.05, 4.69) is 31.4 Å². The highest BCUT2D eigenvalue weighted by atomic mass is 16.2. The van der Waals surface area contributed by atoms with Crippen molar-refractivity contribution in [2.45, 2.75) is 20.8 Å². The van der Waals surface area contributed by atoms with Gasteiger partial charge in [-0.3, -0.25) is 4.79 Å². The van der Waals surface area contributed by atoms with Crippen LogP contribution in [0.25, 0.3) is 0 Å². The topological polar surface area (TPSA) is 44.4 Å². The molecule has 0 aromatic heterocycles. The first-order valence-corrected chi connectivity index (χ1v) is 6.74. The number of amides is 1. The van der Waals surface area contributed by atoms with Crippen molar-refractivity contribution in [3.05, 3.63) is 23.8 Å². The van der Waals surface area contributed by atoms with Crippen LogP contribution in [0.2, 0.25) is 0 Å². The van der Waals surface area contributed by atoms with Gasteiger partial charge >= 0.3 is 0 Å². The quantitative estimate of drug-likeness (QED) is 0.860. The van der Waals surface area contributed by atoms with E-state index in [4.69, 9.17) is 0 Å². The van der Waals surface area contributed by atoms with E-state index in [-0.39, 0.29) is 11.3 Å². The van der Waals surface area contributed by atoms with E-state index >= 15 is 0 Å². The van der Waals surface area contributed by atoms with Gasteiger partial charge in [0.25, 0.3) is 5.91 Å². The maximum absolute atomic E-state index is 12.4. The zero-order valence-corrected chi connectivity index (χ0v) is 12.2. The zero-order valence-electron chi connectivity index (χ0n) is 12.2. The molecular formula is C15H23N3O. The standard InChI is InChI=1S/C15H23N3O/c1-15(2,3)10-18(4)14(19)11-5-6-12-13(9-11)17-8-7-16-12/h5-6,9,16-17H,7-8,10H2,1-4H3. The van der Waals surface area contributed by atoms with Crippen LogP contribution in [0.5, 0.6) is 0 Å². The Morgan fingerprint density at radius 2 is 1.84 bits per heavy atom. The first-order valence-electron chi connectivity index (χ1n) is 6.74. The number of anilines is 2. The van der Waals surface area contributed by atoms with Gasteiger partial charge in [0.1, 0.15) is 0 Å². The van der Waals surface area contributed by atoms with Crippen LogP contribution in [0.4, 0.5) is 11.4 Å². The monoisotopic (exact) mass is 261 g/mol. The molecule has 0 spiro atoms. The predicted molar refractivity (Wildman–Crippen MR) is 79.8 cm³/mol. The van der Waals surface area contributed by atoms with Crippen LogP contribution in [-0.4, -0.2) is 37.5 Å². The Bertz CT molecular complexity index is 477.